The van der Waals surface area contributed by atoms with Gasteiger partial charge in [-0.25, -0.2) is 4.79 Å². The third-order valence-electron chi connectivity index (χ3n) is 9.25. The van der Waals surface area contributed by atoms with Gasteiger partial charge in [0, 0.05) is 36.5 Å². The molecule has 3 aromatic rings. The van der Waals surface area contributed by atoms with E-state index in [0.717, 1.165) is 15.8 Å². The average Bonchev–Trinajstić information content (AvgIpc) is 3.80. The molecule has 0 radical (unpaired) electrons. The van der Waals surface area contributed by atoms with Crippen LogP contribution in [0.25, 0.3) is 10.9 Å². The van der Waals surface area contributed by atoms with Gasteiger partial charge < -0.3 is 62.4 Å². The number of carboxylic acid groups (broad SMARTS) is 1. The molecule has 18 nitrogen and oxygen atoms in total. The molecule has 54 heavy (non-hydrogen) atoms. The number of amides is 5. The molecule has 1 fully saturated rings. The highest BCUT2D eigenvalue weighted by molar-refractivity contribution is 5.97. The highest BCUT2D eigenvalue weighted by Crippen LogP contribution is 2.21. The second-order valence-electron chi connectivity index (χ2n) is 13.3. The number of benzene rings is 2. The zero-order chi connectivity index (χ0) is 39.7. The van der Waals surface area contributed by atoms with Crippen molar-refractivity contribution in [2.45, 2.75) is 88.0 Å². The lowest BCUT2D eigenvalue weighted by Gasteiger charge is -2.30. The maximum absolute atomic E-state index is 14.2. The first-order chi connectivity index (χ1) is 25.6. The van der Waals surface area contributed by atoms with E-state index >= 15 is 0 Å². The number of aromatic hydroxyl groups is 1. The molecule has 0 unspecified atom stereocenters. The molecule has 2 aromatic carbocycles. The monoisotopic (exact) mass is 753 g/mol. The number of likely N-dealkylation sites (tertiary alicyclic amines) is 1. The Morgan fingerprint density at radius 2 is 1.43 bits per heavy atom. The summed E-state index contributed by atoms with van der Waals surface area (Å²) in [5, 5.41) is 60.3. The molecule has 2 heterocycles. The second kappa shape index (κ2) is 18.5. The zero-order valence-electron chi connectivity index (χ0n) is 29.8. The van der Waals surface area contributed by atoms with Gasteiger partial charge in [0.2, 0.25) is 29.5 Å². The van der Waals surface area contributed by atoms with Gasteiger partial charge in [0.15, 0.2) is 0 Å². The van der Waals surface area contributed by atoms with Crippen molar-refractivity contribution in [2.24, 2.45) is 5.73 Å². The number of carboxylic acids is 1. The van der Waals surface area contributed by atoms with Gasteiger partial charge in [-0.1, -0.05) is 30.3 Å². The Bertz CT molecular complexity index is 1810. The number of H-pyrrole nitrogens is 1. The van der Waals surface area contributed by atoms with Crippen molar-refractivity contribution >= 4 is 46.4 Å². The van der Waals surface area contributed by atoms with Gasteiger partial charge >= 0.3 is 5.97 Å². The number of nitrogens with zero attached hydrogens (tertiary/aromatic N) is 1. The summed E-state index contributed by atoms with van der Waals surface area (Å²) in [4.78, 5) is 83.5. The Morgan fingerprint density at radius 1 is 0.833 bits per heavy atom. The number of aromatic amines is 1. The summed E-state index contributed by atoms with van der Waals surface area (Å²) in [5.74, 6) is -5.85. The number of hydrogen-bond donors (Lipinski definition) is 11. The van der Waals surface area contributed by atoms with Crippen molar-refractivity contribution < 1.29 is 54.3 Å². The molecule has 0 spiro atoms. The van der Waals surface area contributed by atoms with Gasteiger partial charge in [-0.15, -0.1) is 0 Å². The highest BCUT2D eigenvalue weighted by atomic mass is 16.4. The van der Waals surface area contributed by atoms with E-state index in [2.05, 4.69) is 26.3 Å². The van der Waals surface area contributed by atoms with Crippen molar-refractivity contribution in [3.05, 3.63) is 65.9 Å². The number of rotatable bonds is 17. The van der Waals surface area contributed by atoms with Crippen LogP contribution in [0.2, 0.25) is 0 Å². The smallest absolute Gasteiger partial charge is 0.326 e. The van der Waals surface area contributed by atoms with E-state index in [9.17, 15) is 54.3 Å². The fraction of sp³-hybridized carbons (Fsp3) is 0.444. The van der Waals surface area contributed by atoms with Crippen LogP contribution in [0.4, 0.5) is 0 Å². The largest absolute Gasteiger partial charge is 0.508 e. The molecule has 18 heteroatoms. The number of aliphatic carboxylic acids is 1. The number of fused-ring (bicyclic) bond motifs is 1. The van der Waals surface area contributed by atoms with Crippen molar-refractivity contribution in [3.8, 4) is 5.75 Å². The summed E-state index contributed by atoms with van der Waals surface area (Å²) in [6.45, 7) is 1.71. The summed E-state index contributed by atoms with van der Waals surface area (Å²) in [6.07, 6.45) is -0.856. The maximum atomic E-state index is 14.2. The van der Waals surface area contributed by atoms with E-state index in [4.69, 9.17) is 5.73 Å². The fourth-order valence-corrected chi connectivity index (χ4v) is 6.14. The summed E-state index contributed by atoms with van der Waals surface area (Å²) < 4.78 is 0. The quantitative estimate of drug-likeness (QED) is 0.0698. The number of carbonyl (C=O) groups excluding carboxylic acids is 5. The Balaban J connectivity index is 1.64. The topological polar surface area (TPSA) is 297 Å². The van der Waals surface area contributed by atoms with E-state index in [0.29, 0.717) is 17.5 Å². The van der Waals surface area contributed by atoms with Crippen LogP contribution in [0.1, 0.15) is 37.8 Å². The molecule has 8 atom stereocenters. The first kappa shape index (κ1) is 41.2. The zero-order valence-corrected chi connectivity index (χ0v) is 29.8. The van der Waals surface area contributed by atoms with Gasteiger partial charge in [0.05, 0.1) is 18.8 Å². The van der Waals surface area contributed by atoms with Crippen LogP contribution in [-0.2, 0) is 41.6 Å². The van der Waals surface area contributed by atoms with Crippen molar-refractivity contribution in [2.75, 3.05) is 13.2 Å². The Labute approximate surface area is 310 Å². The summed E-state index contributed by atoms with van der Waals surface area (Å²) in [5.41, 5.74) is 7.46. The number of nitrogens with two attached hydrogens (primary N) is 1. The average molecular weight is 754 g/mol. The number of aromatic nitrogens is 1. The maximum Gasteiger partial charge on any atom is 0.326 e. The Morgan fingerprint density at radius 3 is 2.04 bits per heavy atom. The van der Waals surface area contributed by atoms with Crippen LogP contribution >= 0.6 is 0 Å². The minimum absolute atomic E-state index is 0.0661. The van der Waals surface area contributed by atoms with Crippen LogP contribution < -0.4 is 27.0 Å². The molecule has 0 saturated carbocycles. The van der Waals surface area contributed by atoms with Gasteiger partial charge in [-0.2, -0.15) is 0 Å². The first-order valence-corrected chi connectivity index (χ1v) is 17.4. The van der Waals surface area contributed by atoms with Crippen LogP contribution in [0.5, 0.6) is 5.75 Å². The second-order valence-corrected chi connectivity index (χ2v) is 13.3. The number of para-hydroxylation sites is 1. The highest BCUT2D eigenvalue weighted by Gasteiger charge is 2.40. The first-order valence-electron chi connectivity index (χ1n) is 17.4. The summed E-state index contributed by atoms with van der Waals surface area (Å²) >= 11 is 0. The molecule has 0 aliphatic carbocycles. The molecule has 5 amide bonds. The number of phenolic OH excluding ortho intramolecular Hbond substituents is 1. The molecule has 1 aliphatic rings. The lowest BCUT2D eigenvalue weighted by atomic mass is 10.0. The molecular formula is C36H47N7O11. The van der Waals surface area contributed by atoms with Crippen molar-refractivity contribution in [1.29, 1.82) is 0 Å². The minimum atomic E-state index is -1.59. The van der Waals surface area contributed by atoms with Gasteiger partial charge in [0.1, 0.15) is 42.0 Å². The number of carbonyl (C=O) groups is 6. The third-order valence-corrected chi connectivity index (χ3v) is 9.25. The van der Waals surface area contributed by atoms with E-state index < -0.39 is 90.6 Å². The van der Waals surface area contributed by atoms with Crippen LogP contribution in [0.15, 0.2) is 54.7 Å². The minimum Gasteiger partial charge on any atom is -0.508 e. The fourth-order valence-electron chi connectivity index (χ4n) is 6.14. The third kappa shape index (κ3) is 10.3. The lowest BCUT2D eigenvalue weighted by molar-refractivity contribution is -0.150. The van der Waals surface area contributed by atoms with Crippen molar-refractivity contribution in [3.63, 3.8) is 0 Å². The van der Waals surface area contributed by atoms with Crippen LogP contribution in [0, 0.1) is 0 Å². The molecular weight excluding hydrogens is 706 g/mol. The lowest BCUT2D eigenvalue weighted by Crippen LogP contribution is -2.62. The number of aliphatic hydroxyl groups is 3. The number of phenols is 1. The predicted octanol–water partition coefficient (Wildman–Crippen LogP) is -2.25. The number of hydrogen-bond acceptors (Lipinski definition) is 11. The SMILES string of the molecule is C[C@@H](O)[C@H](N)C(=O)N[C@@H](CO)C(=O)N[C@@H](Cc1c[nH]c2ccccc12)C(=O)N[C@@H](Cc1ccc(O)cc1)C(=O)N[C@H](C(=O)N1CCC[C@H]1C(=O)O)[C@@H](C)O. The molecule has 4 rings (SSSR count). The van der Waals surface area contributed by atoms with E-state index in [-0.39, 0.29) is 31.6 Å². The van der Waals surface area contributed by atoms with E-state index in [1.54, 1.807) is 30.5 Å². The molecule has 1 aliphatic heterocycles. The van der Waals surface area contributed by atoms with Gasteiger partial charge in [-0.3, -0.25) is 24.0 Å². The predicted molar refractivity (Wildman–Crippen MR) is 192 cm³/mol. The molecule has 12 N–H and O–H groups in total. The van der Waals surface area contributed by atoms with E-state index in [1.807, 2.05) is 0 Å². The Kier molecular flexibility index (Phi) is 14.1. The molecule has 292 valence electrons. The van der Waals surface area contributed by atoms with Crippen LogP contribution in [0.3, 0.4) is 0 Å². The normalized spacial score (nSPS) is 18.0. The van der Waals surface area contributed by atoms with E-state index in [1.165, 1.54) is 38.1 Å². The number of nitrogens with one attached hydrogen (secondary N) is 5. The Hall–Kier alpha value is -5.56. The molecule has 1 aromatic heterocycles. The molecule has 0 bridgehead atoms. The molecule has 1 saturated heterocycles. The summed E-state index contributed by atoms with van der Waals surface area (Å²) in [6, 6.07) is 4.25. The van der Waals surface area contributed by atoms with Crippen LogP contribution in [-0.4, -0.2) is 133 Å². The van der Waals surface area contributed by atoms with Crippen molar-refractivity contribution in [1.82, 2.24) is 31.2 Å². The van der Waals surface area contributed by atoms with Gasteiger partial charge in [0.25, 0.3) is 0 Å². The number of aliphatic hydroxyl groups excluding tert-OH is 3. The summed E-state index contributed by atoms with van der Waals surface area (Å²) in [7, 11) is 0. The standard InChI is InChI=1S/C36H47N7O11/c1-18(45)29(37)34(51)41-27(17-44)33(50)40-26(15-21-16-38-24-7-4-3-6-23(21)24)31(48)39-25(14-20-9-11-22(47)12-10-20)32(49)42-30(19(2)46)35(52)43-13-5-8-28(43)36(53)54/h3-4,6-7,9-12,16,18-19,25-30,38,44-47H,5,8,13-15,17,37H2,1-2H3,(H,39,48)(H,40,50)(H,41,51)(H,42,49)(H,53,54)/t18-,19-,25+,26+,27+,28+,29+,30+/m1/s1. The van der Waals surface area contributed by atoms with Gasteiger partial charge in [-0.05, 0) is 56.0 Å².